The lowest BCUT2D eigenvalue weighted by molar-refractivity contribution is 0.0996. The minimum atomic E-state index is -0.277. The minimum Gasteiger partial charge on any atom is -0.459 e. The Hall–Kier alpha value is -3.32. The van der Waals surface area contributed by atoms with Gasteiger partial charge in [0, 0.05) is 32.0 Å². The summed E-state index contributed by atoms with van der Waals surface area (Å²) in [6.45, 7) is 1.33. The van der Waals surface area contributed by atoms with Crippen molar-refractivity contribution < 1.29 is 9.21 Å². The Balaban J connectivity index is 1.43. The summed E-state index contributed by atoms with van der Waals surface area (Å²) in [5, 5.41) is 9.81. The number of furan rings is 1. The molecule has 1 aromatic carbocycles. The number of benzene rings is 1. The fraction of sp³-hybridized carbons (Fsp3) is 0.190. The molecule has 150 valence electrons. The van der Waals surface area contributed by atoms with Crippen LogP contribution in [-0.4, -0.2) is 30.4 Å². The molecular formula is C21H22ClN5O2. The number of aliphatic imine (C=N–C) groups is 1. The van der Waals surface area contributed by atoms with E-state index >= 15 is 0 Å². The smallest absolute Gasteiger partial charge is 0.291 e. The van der Waals surface area contributed by atoms with E-state index in [2.05, 4.69) is 25.9 Å². The highest BCUT2D eigenvalue weighted by Gasteiger charge is 2.08. The van der Waals surface area contributed by atoms with Crippen LogP contribution in [0, 0.1) is 0 Å². The number of hydrogen-bond acceptors (Lipinski definition) is 4. The van der Waals surface area contributed by atoms with E-state index in [0.29, 0.717) is 23.3 Å². The van der Waals surface area contributed by atoms with Crippen LogP contribution in [0.25, 0.3) is 0 Å². The van der Waals surface area contributed by atoms with E-state index in [1.165, 1.54) is 6.26 Å². The topological polar surface area (TPSA) is 91.5 Å². The average Bonchev–Trinajstić information content (AvgIpc) is 3.28. The Labute approximate surface area is 174 Å². The Morgan fingerprint density at radius 2 is 1.90 bits per heavy atom. The van der Waals surface area contributed by atoms with E-state index in [4.69, 9.17) is 16.0 Å². The Kier molecular flexibility index (Phi) is 7.24. The lowest BCUT2D eigenvalue weighted by Gasteiger charge is -2.12. The lowest BCUT2D eigenvalue weighted by atomic mass is 10.2. The number of aromatic nitrogens is 1. The molecule has 3 aromatic rings. The third-order valence-electron chi connectivity index (χ3n) is 4.14. The van der Waals surface area contributed by atoms with Crippen LogP contribution in [0.15, 0.2) is 70.4 Å². The number of nitrogens with zero attached hydrogens (tertiary/aromatic N) is 2. The highest BCUT2D eigenvalue weighted by atomic mass is 35.5. The van der Waals surface area contributed by atoms with Crippen molar-refractivity contribution in [3.8, 4) is 0 Å². The van der Waals surface area contributed by atoms with E-state index in [9.17, 15) is 4.79 Å². The first-order valence-electron chi connectivity index (χ1n) is 9.13. The van der Waals surface area contributed by atoms with E-state index in [-0.39, 0.29) is 11.7 Å². The van der Waals surface area contributed by atoms with Crippen LogP contribution in [0.5, 0.6) is 0 Å². The van der Waals surface area contributed by atoms with E-state index in [1.807, 2.05) is 30.3 Å². The molecule has 0 radical (unpaired) electrons. The molecule has 0 aliphatic rings. The van der Waals surface area contributed by atoms with Gasteiger partial charge in [-0.25, -0.2) is 4.98 Å². The van der Waals surface area contributed by atoms with Gasteiger partial charge in [-0.15, -0.1) is 0 Å². The molecule has 0 spiro atoms. The van der Waals surface area contributed by atoms with Crippen molar-refractivity contribution in [1.82, 2.24) is 15.6 Å². The highest BCUT2D eigenvalue weighted by molar-refractivity contribution is 6.29. The van der Waals surface area contributed by atoms with Crippen molar-refractivity contribution >= 4 is 29.2 Å². The predicted octanol–water partition coefficient (Wildman–Crippen LogP) is 3.49. The molecule has 0 saturated carbocycles. The van der Waals surface area contributed by atoms with Gasteiger partial charge in [0.2, 0.25) is 0 Å². The van der Waals surface area contributed by atoms with E-state index < -0.39 is 0 Å². The molecule has 0 unspecified atom stereocenters. The molecule has 2 heterocycles. The van der Waals surface area contributed by atoms with E-state index in [0.717, 1.165) is 24.1 Å². The quantitative estimate of drug-likeness (QED) is 0.314. The number of pyridine rings is 1. The van der Waals surface area contributed by atoms with E-state index in [1.54, 1.807) is 31.4 Å². The van der Waals surface area contributed by atoms with Gasteiger partial charge in [-0.3, -0.25) is 9.79 Å². The summed E-state index contributed by atoms with van der Waals surface area (Å²) in [6, 6.07) is 14.6. The molecule has 0 aliphatic carbocycles. The first-order valence-corrected chi connectivity index (χ1v) is 9.50. The molecule has 29 heavy (non-hydrogen) atoms. The molecular weight excluding hydrogens is 390 g/mol. The second-order valence-corrected chi connectivity index (χ2v) is 6.61. The molecule has 0 fully saturated rings. The molecule has 8 heteroatoms. The second-order valence-electron chi connectivity index (χ2n) is 6.22. The third kappa shape index (κ3) is 6.36. The van der Waals surface area contributed by atoms with Crippen LogP contribution in [0.2, 0.25) is 5.15 Å². The summed E-state index contributed by atoms with van der Waals surface area (Å²) >= 11 is 5.80. The van der Waals surface area contributed by atoms with Gasteiger partial charge < -0.3 is 20.4 Å². The van der Waals surface area contributed by atoms with Crippen molar-refractivity contribution in [2.24, 2.45) is 4.99 Å². The van der Waals surface area contributed by atoms with Crippen LogP contribution in [0.3, 0.4) is 0 Å². The molecule has 0 bridgehead atoms. The summed E-state index contributed by atoms with van der Waals surface area (Å²) in [7, 11) is 1.73. The van der Waals surface area contributed by atoms with Crippen molar-refractivity contribution in [3.05, 3.63) is 83.0 Å². The van der Waals surface area contributed by atoms with Gasteiger partial charge in [0.05, 0.1) is 6.26 Å². The highest BCUT2D eigenvalue weighted by Crippen LogP contribution is 2.12. The molecule has 0 aliphatic heterocycles. The Morgan fingerprint density at radius 3 is 2.55 bits per heavy atom. The van der Waals surface area contributed by atoms with Gasteiger partial charge in [-0.2, -0.15) is 0 Å². The van der Waals surface area contributed by atoms with Gasteiger partial charge in [0.15, 0.2) is 11.7 Å². The molecule has 3 N–H and O–H groups in total. The standard InChI is InChI=1S/C21H22ClN5O2/c1-23-21(24-11-10-16-6-9-19(22)25-13-16)26-14-15-4-7-17(8-5-15)27-20(28)18-3-2-12-29-18/h2-9,12-13H,10-11,14H2,1H3,(H,27,28)(H2,23,24,26). The predicted molar refractivity (Wildman–Crippen MR) is 114 cm³/mol. The number of anilines is 1. The number of halogens is 1. The average molecular weight is 412 g/mol. The van der Waals surface area contributed by atoms with Gasteiger partial charge >= 0.3 is 0 Å². The number of guanidine groups is 1. The summed E-state index contributed by atoms with van der Waals surface area (Å²) in [6.07, 6.45) is 4.05. The van der Waals surface area contributed by atoms with Crippen molar-refractivity contribution in [2.45, 2.75) is 13.0 Å². The normalized spacial score (nSPS) is 11.2. The van der Waals surface area contributed by atoms with Crippen LogP contribution < -0.4 is 16.0 Å². The number of rotatable bonds is 7. The maximum absolute atomic E-state index is 12.0. The summed E-state index contributed by atoms with van der Waals surface area (Å²) in [5.74, 6) is 0.712. The number of amides is 1. The number of carbonyl (C=O) groups excluding carboxylic acids is 1. The van der Waals surface area contributed by atoms with Crippen LogP contribution in [0.4, 0.5) is 5.69 Å². The van der Waals surface area contributed by atoms with Crippen molar-refractivity contribution in [3.63, 3.8) is 0 Å². The largest absolute Gasteiger partial charge is 0.459 e. The van der Waals surface area contributed by atoms with Gasteiger partial charge in [-0.05, 0) is 47.9 Å². The number of hydrogen-bond donors (Lipinski definition) is 3. The van der Waals surface area contributed by atoms with Crippen molar-refractivity contribution in [1.29, 1.82) is 0 Å². The zero-order chi connectivity index (χ0) is 20.5. The molecule has 7 nitrogen and oxygen atoms in total. The molecule has 0 atom stereocenters. The SMILES string of the molecule is CN=C(NCCc1ccc(Cl)nc1)NCc1ccc(NC(=O)c2ccco2)cc1. The van der Waals surface area contributed by atoms with Gasteiger partial charge in [-0.1, -0.05) is 29.8 Å². The minimum absolute atomic E-state index is 0.277. The Morgan fingerprint density at radius 1 is 1.10 bits per heavy atom. The molecule has 1 amide bonds. The van der Waals surface area contributed by atoms with Crippen LogP contribution in [0.1, 0.15) is 21.7 Å². The second kappa shape index (κ2) is 10.3. The zero-order valence-electron chi connectivity index (χ0n) is 16.0. The van der Waals surface area contributed by atoms with Gasteiger partial charge in [0.1, 0.15) is 5.15 Å². The summed E-state index contributed by atoms with van der Waals surface area (Å²) < 4.78 is 5.08. The summed E-state index contributed by atoms with van der Waals surface area (Å²) in [5.41, 5.74) is 2.87. The fourth-order valence-corrected chi connectivity index (χ4v) is 2.70. The molecule has 0 saturated heterocycles. The lowest BCUT2D eigenvalue weighted by Crippen LogP contribution is -2.37. The molecule has 3 rings (SSSR count). The molecule has 2 aromatic heterocycles. The zero-order valence-corrected chi connectivity index (χ0v) is 16.7. The van der Waals surface area contributed by atoms with Crippen LogP contribution in [-0.2, 0) is 13.0 Å². The van der Waals surface area contributed by atoms with Crippen molar-refractivity contribution in [2.75, 3.05) is 18.9 Å². The maximum atomic E-state index is 12.0. The summed E-state index contributed by atoms with van der Waals surface area (Å²) in [4.78, 5) is 20.3. The fourth-order valence-electron chi connectivity index (χ4n) is 2.59. The van der Waals surface area contributed by atoms with Crippen LogP contribution >= 0.6 is 11.6 Å². The first-order chi connectivity index (χ1) is 14.1. The number of nitrogens with one attached hydrogen (secondary N) is 3. The van der Waals surface area contributed by atoms with Gasteiger partial charge in [0.25, 0.3) is 5.91 Å². The maximum Gasteiger partial charge on any atom is 0.291 e. The Bertz CT molecular complexity index is 938. The number of carbonyl (C=O) groups is 1. The third-order valence-corrected chi connectivity index (χ3v) is 4.36. The first kappa shape index (κ1) is 20.4. The monoisotopic (exact) mass is 411 g/mol.